The SMILES string of the molecule is CN(C1CCOCC1)C1CCC(NC2CC2)(C(=O)O)C1. The normalized spacial score (nSPS) is 35.6. The molecule has 0 bridgehead atoms. The minimum atomic E-state index is -0.675. The summed E-state index contributed by atoms with van der Waals surface area (Å²) < 4.78 is 5.42. The van der Waals surface area contributed by atoms with E-state index in [1.807, 2.05) is 0 Å². The Kier molecular flexibility index (Phi) is 4.02. The number of carboxylic acid groups (broad SMARTS) is 1. The molecule has 0 amide bonds. The molecule has 0 aromatic carbocycles. The predicted octanol–water partition coefficient (Wildman–Crippen LogP) is 1.23. The third kappa shape index (κ3) is 2.85. The maximum Gasteiger partial charge on any atom is 0.323 e. The Labute approximate surface area is 120 Å². The monoisotopic (exact) mass is 282 g/mol. The molecule has 3 aliphatic rings. The second-order valence-electron chi connectivity index (χ2n) is 6.71. The van der Waals surface area contributed by atoms with Gasteiger partial charge in [0.05, 0.1) is 0 Å². The van der Waals surface area contributed by atoms with E-state index in [0.29, 0.717) is 18.1 Å². The average Bonchev–Trinajstić information content (AvgIpc) is 3.15. The molecule has 2 atom stereocenters. The molecule has 3 rings (SSSR count). The highest BCUT2D eigenvalue weighted by molar-refractivity contribution is 5.79. The van der Waals surface area contributed by atoms with Crippen molar-refractivity contribution < 1.29 is 14.6 Å². The predicted molar refractivity (Wildman–Crippen MR) is 75.8 cm³/mol. The molecular formula is C15H26N2O3. The molecule has 20 heavy (non-hydrogen) atoms. The van der Waals surface area contributed by atoms with Gasteiger partial charge >= 0.3 is 5.97 Å². The van der Waals surface area contributed by atoms with Crippen molar-refractivity contribution in [3.8, 4) is 0 Å². The van der Waals surface area contributed by atoms with Crippen LogP contribution in [-0.4, -0.2) is 59.9 Å². The Balaban J connectivity index is 1.62. The van der Waals surface area contributed by atoms with Crippen LogP contribution in [0.1, 0.15) is 44.9 Å². The van der Waals surface area contributed by atoms with E-state index >= 15 is 0 Å². The van der Waals surface area contributed by atoms with E-state index in [4.69, 9.17) is 4.74 Å². The molecule has 2 aliphatic carbocycles. The van der Waals surface area contributed by atoms with Crippen LogP contribution < -0.4 is 5.32 Å². The largest absolute Gasteiger partial charge is 0.480 e. The highest BCUT2D eigenvalue weighted by Crippen LogP contribution is 2.37. The van der Waals surface area contributed by atoms with Gasteiger partial charge in [-0.3, -0.25) is 10.1 Å². The van der Waals surface area contributed by atoms with E-state index in [1.54, 1.807) is 0 Å². The van der Waals surface area contributed by atoms with Gasteiger partial charge < -0.3 is 14.7 Å². The third-order valence-electron chi connectivity index (χ3n) is 5.30. The molecule has 3 fully saturated rings. The zero-order valence-electron chi connectivity index (χ0n) is 12.3. The minimum absolute atomic E-state index is 0.389. The van der Waals surface area contributed by atoms with Gasteiger partial charge in [0.2, 0.25) is 0 Å². The lowest BCUT2D eigenvalue weighted by Gasteiger charge is -2.36. The Hall–Kier alpha value is -0.650. The van der Waals surface area contributed by atoms with Crippen LogP contribution in [0.25, 0.3) is 0 Å². The van der Waals surface area contributed by atoms with Crippen LogP contribution in [0.5, 0.6) is 0 Å². The Morgan fingerprint density at radius 3 is 2.50 bits per heavy atom. The van der Waals surface area contributed by atoms with Crippen molar-refractivity contribution in [2.75, 3.05) is 20.3 Å². The first kappa shape index (κ1) is 14.3. The van der Waals surface area contributed by atoms with Crippen molar-refractivity contribution >= 4 is 5.97 Å². The Bertz CT molecular complexity index is 366. The van der Waals surface area contributed by atoms with Gasteiger partial charge in [-0.05, 0) is 52.0 Å². The first-order chi connectivity index (χ1) is 9.61. The number of ether oxygens (including phenoxy) is 1. The fourth-order valence-electron chi connectivity index (χ4n) is 3.76. The summed E-state index contributed by atoms with van der Waals surface area (Å²) in [5.41, 5.74) is -0.675. The van der Waals surface area contributed by atoms with Crippen molar-refractivity contribution in [3.05, 3.63) is 0 Å². The molecule has 2 unspecified atom stereocenters. The number of hydrogen-bond donors (Lipinski definition) is 2. The van der Waals surface area contributed by atoms with Crippen molar-refractivity contribution in [1.82, 2.24) is 10.2 Å². The summed E-state index contributed by atoms with van der Waals surface area (Å²) in [7, 11) is 2.16. The smallest absolute Gasteiger partial charge is 0.323 e. The van der Waals surface area contributed by atoms with Crippen LogP contribution in [0.3, 0.4) is 0 Å². The number of carbonyl (C=O) groups is 1. The van der Waals surface area contributed by atoms with E-state index in [2.05, 4.69) is 17.3 Å². The van der Waals surface area contributed by atoms with Gasteiger partial charge in [0.25, 0.3) is 0 Å². The zero-order chi connectivity index (χ0) is 14.2. The van der Waals surface area contributed by atoms with Gasteiger partial charge in [-0.15, -0.1) is 0 Å². The minimum Gasteiger partial charge on any atom is -0.480 e. The van der Waals surface area contributed by atoms with Gasteiger partial charge in [-0.1, -0.05) is 0 Å². The lowest BCUT2D eigenvalue weighted by Crippen LogP contribution is -2.52. The maximum absolute atomic E-state index is 11.7. The lowest BCUT2D eigenvalue weighted by molar-refractivity contribution is -0.145. The standard InChI is InChI=1S/C15H26N2O3/c1-17(12-5-8-20-9-6-12)13-4-7-15(10-13,14(18)19)16-11-2-3-11/h11-13,16H,2-10H2,1H3,(H,18,19). The number of carboxylic acids is 1. The Morgan fingerprint density at radius 1 is 1.20 bits per heavy atom. The van der Waals surface area contributed by atoms with Gasteiger partial charge in [0.1, 0.15) is 5.54 Å². The number of rotatable bonds is 5. The second-order valence-corrected chi connectivity index (χ2v) is 6.71. The molecule has 0 spiro atoms. The van der Waals surface area contributed by atoms with Crippen LogP contribution >= 0.6 is 0 Å². The fraction of sp³-hybridized carbons (Fsp3) is 0.933. The molecule has 1 heterocycles. The molecule has 5 heteroatoms. The quantitative estimate of drug-likeness (QED) is 0.794. The van der Waals surface area contributed by atoms with Crippen LogP contribution in [0.4, 0.5) is 0 Å². The van der Waals surface area contributed by atoms with Gasteiger partial charge in [-0.25, -0.2) is 0 Å². The van der Waals surface area contributed by atoms with Gasteiger partial charge in [0.15, 0.2) is 0 Å². The highest BCUT2D eigenvalue weighted by atomic mass is 16.5. The lowest BCUT2D eigenvalue weighted by atomic mass is 9.96. The third-order valence-corrected chi connectivity index (χ3v) is 5.30. The summed E-state index contributed by atoms with van der Waals surface area (Å²) in [6.07, 6.45) is 6.90. The second kappa shape index (κ2) is 5.62. The molecule has 1 aliphatic heterocycles. The first-order valence-electron chi connectivity index (χ1n) is 7.91. The van der Waals surface area contributed by atoms with E-state index in [-0.39, 0.29) is 0 Å². The van der Waals surface area contributed by atoms with E-state index < -0.39 is 11.5 Å². The molecule has 0 aromatic heterocycles. The first-order valence-corrected chi connectivity index (χ1v) is 7.91. The topological polar surface area (TPSA) is 61.8 Å². The summed E-state index contributed by atoms with van der Waals surface area (Å²) in [5, 5.41) is 13.1. The van der Waals surface area contributed by atoms with E-state index in [0.717, 1.165) is 58.2 Å². The van der Waals surface area contributed by atoms with Crippen LogP contribution in [0.15, 0.2) is 0 Å². The van der Waals surface area contributed by atoms with E-state index in [1.165, 1.54) is 0 Å². The maximum atomic E-state index is 11.7. The number of nitrogens with zero attached hydrogens (tertiary/aromatic N) is 1. The molecule has 114 valence electrons. The summed E-state index contributed by atoms with van der Waals surface area (Å²) in [4.78, 5) is 14.1. The molecule has 2 N–H and O–H groups in total. The molecule has 5 nitrogen and oxygen atoms in total. The Morgan fingerprint density at radius 2 is 1.90 bits per heavy atom. The molecule has 1 saturated heterocycles. The van der Waals surface area contributed by atoms with Gasteiger partial charge in [0, 0.05) is 31.3 Å². The molecule has 2 saturated carbocycles. The molecule has 0 radical (unpaired) electrons. The van der Waals surface area contributed by atoms with E-state index in [9.17, 15) is 9.90 Å². The number of nitrogens with one attached hydrogen (secondary N) is 1. The van der Waals surface area contributed by atoms with Crippen LogP contribution in [-0.2, 0) is 9.53 Å². The van der Waals surface area contributed by atoms with Crippen LogP contribution in [0, 0.1) is 0 Å². The fourth-order valence-corrected chi connectivity index (χ4v) is 3.76. The summed E-state index contributed by atoms with van der Waals surface area (Å²) >= 11 is 0. The van der Waals surface area contributed by atoms with Crippen molar-refractivity contribution in [1.29, 1.82) is 0 Å². The summed E-state index contributed by atoms with van der Waals surface area (Å²) in [6.45, 7) is 1.68. The zero-order valence-corrected chi connectivity index (χ0v) is 12.3. The summed E-state index contributed by atoms with van der Waals surface area (Å²) in [6, 6.07) is 1.39. The molecule has 0 aromatic rings. The number of aliphatic carboxylic acids is 1. The van der Waals surface area contributed by atoms with Crippen molar-refractivity contribution in [2.24, 2.45) is 0 Å². The number of hydrogen-bond acceptors (Lipinski definition) is 4. The highest BCUT2D eigenvalue weighted by Gasteiger charge is 2.49. The van der Waals surface area contributed by atoms with Gasteiger partial charge in [-0.2, -0.15) is 0 Å². The van der Waals surface area contributed by atoms with Crippen molar-refractivity contribution in [2.45, 2.75) is 68.6 Å². The van der Waals surface area contributed by atoms with Crippen molar-refractivity contribution in [3.63, 3.8) is 0 Å². The summed E-state index contributed by atoms with van der Waals surface area (Å²) in [5.74, 6) is -0.660. The molecular weight excluding hydrogens is 256 g/mol. The van der Waals surface area contributed by atoms with Crippen LogP contribution in [0.2, 0.25) is 0 Å². The average molecular weight is 282 g/mol.